The first kappa shape index (κ1) is 17.8. The van der Waals surface area contributed by atoms with Gasteiger partial charge in [-0.15, -0.1) is 10.2 Å². The van der Waals surface area contributed by atoms with Crippen molar-refractivity contribution in [3.63, 3.8) is 0 Å². The van der Waals surface area contributed by atoms with E-state index in [-0.39, 0.29) is 11.7 Å². The van der Waals surface area contributed by atoms with Crippen molar-refractivity contribution in [2.24, 2.45) is 5.92 Å². The Morgan fingerprint density at radius 3 is 2.89 bits per heavy atom. The first-order valence-electron chi connectivity index (χ1n) is 8.87. The number of fused-ring (bicyclic) bond motifs is 1. The molecule has 2 aromatic rings. The van der Waals surface area contributed by atoms with Crippen LogP contribution in [0.15, 0.2) is 29.6 Å². The SMILES string of the molecule is CC1CCC2(CC1)NC(=O)N(NC(=O)CSc1nnc3ccccn13)C2=O. The lowest BCUT2D eigenvalue weighted by molar-refractivity contribution is -0.139. The lowest BCUT2D eigenvalue weighted by atomic mass is 9.77. The Bertz CT molecular complexity index is 905. The fourth-order valence-corrected chi connectivity index (χ4v) is 4.24. The lowest BCUT2D eigenvalue weighted by Crippen LogP contribution is -2.51. The fraction of sp³-hybridized carbons (Fsp3) is 0.471. The molecule has 10 heteroatoms. The Balaban J connectivity index is 1.38. The number of rotatable bonds is 4. The molecule has 2 fully saturated rings. The van der Waals surface area contributed by atoms with E-state index in [0.717, 1.165) is 17.9 Å². The largest absolute Gasteiger partial charge is 0.344 e. The third-order valence-electron chi connectivity index (χ3n) is 5.14. The van der Waals surface area contributed by atoms with Gasteiger partial charge in [-0.05, 0) is 43.7 Å². The highest BCUT2D eigenvalue weighted by molar-refractivity contribution is 7.99. The Morgan fingerprint density at radius 2 is 2.11 bits per heavy atom. The molecular formula is C17H20N6O3S. The van der Waals surface area contributed by atoms with Crippen LogP contribution < -0.4 is 10.7 Å². The van der Waals surface area contributed by atoms with Crippen LogP contribution in [-0.4, -0.2) is 48.7 Å². The molecule has 142 valence electrons. The molecule has 0 aromatic carbocycles. The van der Waals surface area contributed by atoms with Crippen LogP contribution in [0.3, 0.4) is 0 Å². The van der Waals surface area contributed by atoms with E-state index in [1.807, 2.05) is 18.2 Å². The second-order valence-corrected chi connectivity index (χ2v) is 8.01. The number of nitrogens with one attached hydrogen (secondary N) is 2. The van der Waals surface area contributed by atoms with Crippen molar-refractivity contribution in [1.29, 1.82) is 0 Å². The van der Waals surface area contributed by atoms with E-state index in [2.05, 4.69) is 27.9 Å². The van der Waals surface area contributed by atoms with Crippen LogP contribution in [-0.2, 0) is 9.59 Å². The van der Waals surface area contributed by atoms with E-state index >= 15 is 0 Å². The van der Waals surface area contributed by atoms with Crippen LogP contribution in [0.5, 0.6) is 0 Å². The first-order valence-corrected chi connectivity index (χ1v) is 9.86. The summed E-state index contributed by atoms with van der Waals surface area (Å²) in [6.07, 6.45) is 4.77. The van der Waals surface area contributed by atoms with E-state index < -0.39 is 17.5 Å². The number of hydrogen-bond acceptors (Lipinski definition) is 6. The van der Waals surface area contributed by atoms with Crippen molar-refractivity contribution >= 4 is 35.3 Å². The first-order chi connectivity index (χ1) is 13.0. The molecule has 2 N–H and O–H groups in total. The normalized spacial score (nSPS) is 25.2. The summed E-state index contributed by atoms with van der Waals surface area (Å²) in [7, 11) is 0. The predicted molar refractivity (Wildman–Crippen MR) is 97.6 cm³/mol. The molecule has 2 aromatic heterocycles. The van der Waals surface area contributed by atoms with Crippen LogP contribution >= 0.6 is 11.8 Å². The number of aromatic nitrogens is 3. The van der Waals surface area contributed by atoms with Crippen LogP contribution in [0.1, 0.15) is 32.6 Å². The third-order valence-corrected chi connectivity index (χ3v) is 6.08. The number of hydrazine groups is 1. The van der Waals surface area contributed by atoms with E-state index in [1.165, 1.54) is 11.8 Å². The third kappa shape index (κ3) is 3.25. The van der Waals surface area contributed by atoms with Gasteiger partial charge in [-0.25, -0.2) is 4.79 Å². The van der Waals surface area contributed by atoms with Crippen LogP contribution in [0.2, 0.25) is 0 Å². The predicted octanol–water partition coefficient (Wildman–Crippen LogP) is 1.35. The van der Waals surface area contributed by atoms with E-state index in [0.29, 0.717) is 29.6 Å². The van der Waals surface area contributed by atoms with Gasteiger partial charge < -0.3 is 5.32 Å². The molecule has 9 nitrogen and oxygen atoms in total. The number of urea groups is 1. The highest BCUT2D eigenvalue weighted by atomic mass is 32.2. The smallest absolute Gasteiger partial charge is 0.322 e. The summed E-state index contributed by atoms with van der Waals surface area (Å²) in [4.78, 5) is 37.2. The topological polar surface area (TPSA) is 109 Å². The monoisotopic (exact) mass is 388 g/mol. The van der Waals surface area contributed by atoms with E-state index in [9.17, 15) is 14.4 Å². The number of carbonyl (C=O) groups is 3. The maximum Gasteiger partial charge on any atom is 0.344 e. The number of pyridine rings is 1. The van der Waals surface area contributed by atoms with Crippen molar-refractivity contribution in [3.05, 3.63) is 24.4 Å². The maximum absolute atomic E-state index is 12.7. The Labute approximate surface area is 159 Å². The van der Waals surface area contributed by atoms with Gasteiger partial charge in [0.25, 0.3) is 5.91 Å². The van der Waals surface area contributed by atoms with Crippen molar-refractivity contribution in [2.45, 2.75) is 43.3 Å². The molecule has 0 atom stereocenters. The zero-order valence-corrected chi connectivity index (χ0v) is 15.7. The summed E-state index contributed by atoms with van der Waals surface area (Å²) in [6, 6.07) is 4.94. The summed E-state index contributed by atoms with van der Waals surface area (Å²) in [5.41, 5.74) is 2.24. The molecule has 1 saturated carbocycles. The summed E-state index contributed by atoms with van der Waals surface area (Å²) < 4.78 is 1.77. The van der Waals surface area contributed by atoms with Gasteiger partial charge in [0.1, 0.15) is 5.54 Å². The second-order valence-electron chi connectivity index (χ2n) is 7.07. The number of nitrogens with zero attached hydrogens (tertiary/aromatic N) is 4. The highest BCUT2D eigenvalue weighted by Gasteiger charge is 2.52. The number of thioether (sulfide) groups is 1. The molecule has 27 heavy (non-hydrogen) atoms. The van der Waals surface area contributed by atoms with Crippen molar-refractivity contribution in [2.75, 3.05) is 5.75 Å². The van der Waals surface area contributed by atoms with Gasteiger partial charge >= 0.3 is 6.03 Å². The fourth-order valence-electron chi connectivity index (χ4n) is 3.52. The van der Waals surface area contributed by atoms with Crippen molar-refractivity contribution in [1.82, 2.24) is 30.3 Å². The molecule has 2 aliphatic rings. The molecule has 1 aliphatic carbocycles. The minimum absolute atomic E-state index is 0.0107. The second kappa shape index (κ2) is 6.84. The average molecular weight is 388 g/mol. The molecular weight excluding hydrogens is 368 g/mol. The summed E-state index contributed by atoms with van der Waals surface area (Å²) in [5, 5.41) is 12.2. The molecule has 1 aliphatic heterocycles. The molecule has 0 unspecified atom stereocenters. The van der Waals surface area contributed by atoms with Crippen molar-refractivity contribution in [3.8, 4) is 0 Å². The number of hydrogen-bond donors (Lipinski definition) is 2. The van der Waals surface area contributed by atoms with E-state index in [4.69, 9.17) is 0 Å². The molecule has 1 saturated heterocycles. The lowest BCUT2D eigenvalue weighted by Gasteiger charge is -2.33. The minimum Gasteiger partial charge on any atom is -0.322 e. The van der Waals surface area contributed by atoms with Gasteiger partial charge in [0, 0.05) is 6.20 Å². The number of carbonyl (C=O) groups excluding carboxylic acids is 3. The standard InChI is InChI=1S/C17H20N6O3S/c1-11-5-7-17(8-6-11)14(25)23(15(26)18-17)21-13(24)10-27-16-20-19-12-4-2-3-9-22(12)16/h2-4,9,11H,5-8,10H2,1H3,(H,18,26)(H,21,24). The molecule has 0 radical (unpaired) electrons. The Kier molecular flexibility index (Phi) is 4.50. The van der Waals surface area contributed by atoms with Gasteiger partial charge in [0.2, 0.25) is 5.91 Å². The zero-order valence-electron chi connectivity index (χ0n) is 14.8. The zero-order chi connectivity index (χ0) is 19.0. The average Bonchev–Trinajstić information content (AvgIpc) is 3.17. The number of amides is 4. The Hall–Kier alpha value is -2.62. The molecule has 0 bridgehead atoms. The van der Waals surface area contributed by atoms with Crippen LogP contribution in [0, 0.1) is 5.92 Å². The molecule has 1 spiro atoms. The molecule has 4 rings (SSSR count). The van der Waals surface area contributed by atoms with Crippen LogP contribution in [0.4, 0.5) is 4.79 Å². The van der Waals surface area contributed by atoms with Gasteiger partial charge in [0.15, 0.2) is 10.8 Å². The quantitative estimate of drug-likeness (QED) is 0.605. The highest BCUT2D eigenvalue weighted by Crippen LogP contribution is 2.35. The maximum atomic E-state index is 12.7. The summed E-state index contributed by atoms with van der Waals surface area (Å²) in [6.45, 7) is 2.14. The Morgan fingerprint density at radius 1 is 1.33 bits per heavy atom. The summed E-state index contributed by atoms with van der Waals surface area (Å²) in [5.74, 6) is -0.266. The van der Waals surface area contributed by atoms with Gasteiger partial charge in [-0.2, -0.15) is 5.01 Å². The molecule has 3 heterocycles. The van der Waals surface area contributed by atoms with Crippen LogP contribution in [0.25, 0.3) is 5.65 Å². The number of imide groups is 1. The minimum atomic E-state index is -0.868. The van der Waals surface area contributed by atoms with Gasteiger partial charge in [-0.1, -0.05) is 24.8 Å². The van der Waals surface area contributed by atoms with Gasteiger partial charge in [0.05, 0.1) is 5.75 Å². The van der Waals surface area contributed by atoms with Gasteiger partial charge in [-0.3, -0.25) is 19.4 Å². The summed E-state index contributed by atoms with van der Waals surface area (Å²) >= 11 is 1.19. The molecule has 4 amide bonds. The van der Waals surface area contributed by atoms with Crippen molar-refractivity contribution < 1.29 is 14.4 Å². The van der Waals surface area contributed by atoms with E-state index in [1.54, 1.807) is 10.6 Å².